The predicted molar refractivity (Wildman–Crippen MR) is 117 cm³/mol. The van der Waals surface area contributed by atoms with Crippen LogP contribution in [-0.4, -0.2) is 26.4 Å². The van der Waals surface area contributed by atoms with Crippen molar-refractivity contribution < 1.29 is 4.79 Å². The van der Waals surface area contributed by atoms with Crippen molar-refractivity contribution in [3.63, 3.8) is 0 Å². The molecule has 0 radical (unpaired) electrons. The highest BCUT2D eigenvalue weighted by Gasteiger charge is 2.19. The predicted octanol–water partition coefficient (Wildman–Crippen LogP) is 5.12. The molecule has 2 aromatic heterocycles. The maximum Gasteiger partial charge on any atom is 0.230 e. The molecule has 1 N–H and O–H groups in total. The highest BCUT2D eigenvalue weighted by Crippen LogP contribution is 2.32. The third-order valence-corrected chi connectivity index (χ3v) is 6.47. The van der Waals surface area contributed by atoms with Crippen LogP contribution in [-0.2, 0) is 11.3 Å². The largest absolute Gasteiger partial charge is 0.351 e. The average molecular weight is 415 g/mol. The van der Waals surface area contributed by atoms with Crippen LogP contribution in [0.5, 0.6) is 0 Å². The van der Waals surface area contributed by atoms with Gasteiger partial charge >= 0.3 is 0 Å². The lowest BCUT2D eigenvalue weighted by molar-refractivity contribution is -0.118. The number of rotatable bonds is 8. The van der Waals surface area contributed by atoms with E-state index < -0.39 is 0 Å². The van der Waals surface area contributed by atoms with E-state index in [2.05, 4.69) is 59.2 Å². The summed E-state index contributed by atoms with van der Waals surface area (Å²) >= 11 is 3.18. The minimum Gasteiger partial charge on any atom is -0.351 e. The normalized spacial score (nSPS) is 11.4. The first-order valence-corrected chi connectivity index (χ1v) is 11.3. The smallest absolute Gasteiger partial charge is 0.230 e. The van der Waals surface area contributed by atoms with E-state index in [1.807, 2.05) is 30.3 Å². The Kier molecular flexibility index (Phi) is 6.91. The average Bonchev–Trinajstić information content (AvgIpc) is 3.32. The Morgan fingerprint density at radius 1 is 1.18 bits per heavy atom. The number of aromatic nitrogens is 3. The number of hydrogen-bond acceptors (Lipinski definition) is 5. The van der Waals surface area contributed by atoms with Crippen LogP contribution in [0.15, 0.2) is 46.9 Å². The molecule has 3 aromatic rings. The molecule has 0 spiro atoms. The maximum atomic E-state index is 12.2. The van der Waals surface area contributed by atoms with Gasteiger partial charge in [0.2, 0.25) is 5.91 Å². The number of hydrogen-bond donors (Lipinski definition) is 1. The fourth-order valence-electron chi connectivity index (χ4n) is 2.79. The second-order valence-electron chi connectivity index (χ2n) is 7.21. The molecule has 1 amide bonds. The molecule has 5 nitrogen and oxygen atoms in total. The van der Waals surface area contributed by atoms with Gasteiger partial charge < -0.3 is 5.32 Å². The summed E-state index contributed by atoms with van der Waals surface area (Å²) in [5.41, 5.74) is 2.18. The van der Waals surface area contributed by atoms with E-state index in [9.17, 15) is 4.79 Å². The topological polar surface area (TPSA) is 59.8 Å². The molecule has 3 rings (SSSR count). The van der Waals surface area contributed by atoms with Gasteiger partial charge in [-0.1, -0.05) is 55.9 Å². The van der Waals surface area contributed by atoms with Crippen LogP contribution in [0, 0.1) is 0 Å². The summed E-state index contributed by atoms with van der Waals surface area (Å²) in [6.07, 6.45) is 0. The number of benzene rings is 1. The SMILES string of the molecule is CC(C)c1cc(-c2nnc(SCC(=O)NCc3ccccc3)n2C(C)C)cs1. The van der Waals surface area contributed by atoms with Gasteiger partial charge in [0.25, 0.3) is 0 Å². The number of thioether (sulfide) groups is 1. The van der Waals surface area contributed by atoms with Crippen LogP contribution in [0.4, 0.5) is 0 Å². The van der Waals surface area contributed by atoms with E-state index in [1.165, 1.54) is 16.6 Å². The van der Waals surface area contributed by atoms with Crippen LogP contribution in [0.3, 0.4) is 0 Å². The van der Waals surface area contributed by atoms with Crippen molar-refractivity contribution in [2.75, 3.05) is 5.75 Å². The Labute approximate surface area is 174 Å². The van der Waals surface area contributed by atoms with Crippen molar-refractivity contribution in [3.8, 4) is 11.4 Å². The lowest BCUT2D eigenvalue weighted by Crippen LogP contribution is -2.24. The molecule has 0 aliphatic rings. The Bertz CT molecular complexity index is 916. The lowest BCUT2D eigenvalue weighted by atomic mass is 10.1. The van der Waals surface area contributed by atoms with E-state index in [4.69, 9.17) is 0 Å². The second-order valence-corrected chi connectivity index (χ2v) is 9.10. The molecule has 7 heteroatoms. The molecule has 28 heavy (non-hydrogen) atoms. The highest BCUT2D eigenvalue weighted by atomic mass is 32.2. The van der Waals surface area contributed by atoms with Crippen molar-refractivity contribution in [2.24, 2.45) is 0 Å². The van der Waals surface area contributed by atoms with Crippen LogP contribution in [0.1, 0.15) is 50.1 Å². The van der Waals surface area contributed by atoms with Gasteiger partial charge in [-0.3, -0.25) is 9.36 Å². The summed E-state index contributed by atoms with van der Waals surface area (Å²) in [7, 11) is 0. The van der Waals surface area contributed by atoms with E-state index in [-0.39, 0.29) is 11.9 Å². The summed E-state index contributed by atoms with van der Waals surface area (Å²) in [5.74, 6) is 1.67. The van der Waals surface area contributed by atoms with Crippen molar-refractivity contribution in [1.29, 1.82) is 0 Å². The monoisotopic (exact) mass is 414 g/mol. The standard InChI is InChI=1S/C21H26N4OS2/c1-14(2)18-10-17(12-27-18)20-23-24-21(25(20)15(3)4)28-13-19(26)22-11-16-8-6-5-7-9-16/h5-10,12,14-15H,11,13H2,1-4H3,(H,22,26). The van der Waals surface area contributed by atoms with Crippen molar-refractivity contribution in [1.82, 2.24) is 20.1 Å². The Morgan fingerprint density at radius 2 is 1.93 bits per heavy atom. The molecule has 0 atom stereocenters. The molecular weight excluding hydrogens is 388 g/mol. The molecule has 1 aromatic carbocycles. The summed E-state index contributed by atoms with van der Waals surface area (Å²) in [5, 5.41) is 14.6. The Morgan fingerprint density at radius 3 is 2.57 bits per heavy atom. The zero-order valence-electron chi connectivity index (χ0n) is 16.7. The van der Waals surface area contributed by atoms with E-state index in [0.717, 1.165) is 22.1 Å². The molecule has 0 aliphatic heterocycles. The van der Waals surface area contributed by atoms with E-state index >= 15 is 0 Å². The number of carbonyl (C=O) groups excluding carboxylic acids is 1. The molecule has 0 saturated carbocycles. The van der Waals surface area contributed by atoms with Gasteiger partial charge in [0.15, 0.2) is 11.0 Å². The van der Waals surface area contributed by atoms with Gasteiger partial charge in [-0.2, -0.15) is 0 Å². The molecule has 0 saturated heterocycles. The summed E-state index contributed by atoms with van der Waals surface area (Å²) in [4.78, 5) is 13.6. The zero-order valence-corrected chi connectivity index (χ0v) is 18.3. The summed E-state index contributed by atoms with van der Waals surface area (Å²) in [6.45, 7) is 9.15. The van der Waals surface area contributed by atoms with Gasteiger partial charge in [-0.05, 0) is 31.4 Å². The van der Waals surface area contributed by atoms with Gasteiger partial charge in [0.05, 0.1) is 5.75 Å². The molecule has 0 bridgehead atoms. The van der Waals surface area contributed by atoms with Crippen molar-refractivity contribution in [3.05, 3.63) is 52.2 Å². The first-order chi connectivity index (χ1) is 13.5. The molecule has 2 heterocycles. The number of nitrogens with zero attached hydrogens (tertiary/aromatic N) is 3. The molecule has 0 aliphatic carbocycles. The lowest BCUT2D eigenvalue weighted by Gasteiger charge is -2.13. The van der Waals surface area contributed by atoms with Crippen LogP contribution < -0.4 is 5.32 Å². The molecular formula is C21H26N4OS2. The van der Waals surface area contributed by atoms with Crippen LogP contribution in [0.2, 0.25) is 0 Å². The van der Waals surface area contributed by atoms with Crippen molar-refractivity contribution in [2.45, 2.75) is 51.4 Å². The Hall–Kier alpha value is -2.12. The van der Waals surface area contributed by atoms with Crippen LogP contribution >= 0.6 is 23.1 Å². The Balaban J connectivity index is 1.66. The fourth-order valence-corrected chi connectivity index (χ4v) is 4.59. The highest BCUT2D eigenvalue weighted by molar-refractivity contribution is 7.99. The number of amides is 1. The van der Waals surface area contributed by atoms with Gasteiger partial charge in [-0.25, -0.2) is 0 Å². The molecule has 148 valence electrons. The minimum atomic E-state index is -0.00802. The first kappa shape index (κ1) is 20.6. The number of carbonyl (C=O) groups is 1. The van der Waals surface area contributed by atoms with E-state index in [1.54, 1.807) is 11.3 Å². The van der Waals surface area contributed by atoms with Gasteiger partial charge in [-0.15, -0.1) is 21.5 Å². The molecule has 0 fully saturated rings. The minimum absolute atomic E-state index is 0.00802. The molecule has 0 unspecified atom stereocenters. The second kappa shape index (κ2) is 9.39. The fraction of sp³-hybridized carbons (Fsp3) is 0.381. The third kappa shape index (κ3) is 5.02. The quantitative estimate of drug-likeness (QED) is 0.520. The summed E-state index contributed by atoms with van der Waals surface area (Å²) in [6, 6.07) is 12.3. The number of nitrogens with one attached hydrogen (secondary N) is 1. The number of thiophene rings is 1. The van der Waals surface area contributed by atoms with Gasteiger partial charge in [0, 0.05) is 28.4 Å². The summed E-state index contributed by atoms with van der Waals surface area (Å²) < 4.78 is 2.11. The maximum absolute atomic E-state index is 12.2. The third-order valence-electron chi connectivity index (χ3n) is 4.29. The first-order valence-electron chi connectivity index (χ1n) is 9.42. The zero-order chi connectivity index (χ0) is 20.1. The van der Waals surface area contributed by atoms with Crippen molar-refractivity contribution >= 4 is 29.0 Å². The van der Waals surface area contributed by atoms with E-state index in [0.29, 0.717) is 18.2 Å². The van der Waals surface area contributed by atoms with Crippen LogP contribution in [0.25, 0.3) is 11.4 Å². The van der Waals surface area contributed by atoms with Gasteiger partial charge in [0.1, 0.15) is 0 Å².